The van der Waals surface area contributed by atoms with Crippen molar-refractivity contribution < 1.29 is 0 Å². The molecule has 1 N–H and O–H groups in total. The van der Waals surface area contributed by atoms with Gasteiger partial charge in [0, 0.05) is 35.4 Å². The molecule has 3 heteroatoms. The number of rotatable bonds is 1. The molecule has 1 aromatic carbocycles. The van der Waals surface area contributed by atoms with Gasteiger partial charge in [-0.3, -0.25) is 9.98 Å². The summed E-state index contributed by atoms with van der Waals surface area (Å²) in [6.07, 6.45) is 4.64. The molecule has 1 aliphatic heterocycles. The molecule has 2 aromatic heterocycles. The number of benzene rings is 1. The van der Waals surface area contributed by atoms with Crippen LogP contribution in [0.2, 0.25) is 0 Å². The van der Waals surface area contributed by atoms with Crippen molar-refractivity contribution in [3.05, 3.63) is 65.6 Å². The Morgan fingerprint density at radius 2 is 1.84 bits per heavy atom. The third-order valence-corrected chi connectivity index (χ3v) is 3.64. The SMILES string of the molecule is c1ccc2c3c([nH]c2c1)C(c1ccncc1)=NCC3. The standard InChI is InChI=1S/C16H13N3/c1-2-4-14-12(3-1)13-7-10-18-15(16(13)19-14)11-5-8-17-9-6-11/h1-6,8-9,19H,7,10H2. The Labute approximate surface area is 111 Å². The van der Waals surface area contributed by atoms with Crippen LogP contribution in [0.1, 0.15) is 16.8 Å². The Balaban J connectivity index is 1.96. The summed E-state index contributed by atoms with van der Waals surface area (Å²) in [6.45, 7) is 0.854. The van der Waals surface area contributed by atoms with Crippen molar-refractivity contribution in [2.45, 2.75) is 6.42 Å². The second-order valence-electron chi connectivity index (χ2n) is 4.74. The van der Waals surface area contributed by atoms with Gasteiger partial charge in [0.1, 0.15) is 0 Å². The molecule has 1 aliphatic rings. The number of nitrogens with one attached hydrogen (secondary N) is 1. The van der Waals surface area contributed by atoms with E-state index >= 15 is 0 Å². The van der Waals surface area contributed by atoms with Crippen LogP contribution >= 0.6 is 0 Å². The normalized spacial score (nSPS) is 14.2. The van der Waals surface area contributed by atoms with E-state index in [1.807, 2.05) is 24.5 Å². The highest BCUT2D eigenvalue weighted by atomic mass is 14.8. The van der Waals surface area contributed by atoms with Crippen LogP contribution in [-0.4, -0.2) is 22.2 Å². The molecule has 0 saturated heterocycles. The van der Waals surface area contributed by atoms with Gasteiger partial charge in [-0.1, -0.05) is 18.2 Å². The fourth-order valence-electron chi connectivity index (χ4n) is 2.77. The van der Waals surface area contributed by atoms with Crippen molar-refractivity contribution in [2.24, 2.45) is 4.99 Å². The van der Waals surface area contributed by atoms with Crippen LogP contribution in [0, 0.1) is 0 Å². The first-order valence-electron chi connectivity index (χ1n) is 6.48. The van der Waals surface area contributed by atoms with Gasteiger partial charge in [-0.2, -0.15) is 0 Å². The molecule has 0 saturated carbocycles. The third kappa shape index (κ3) is 1.58. The summed E-state index contributed by atoms with van der Waals surface area (Å²) in [5.41, 5.74) is 5.93. The van der Waals surface area contributed by atoms with Crippen LogP contribution in [0.3, 0.4) is 0 Å². The van der Waals surface area contributed by atoms with E-state index in [4.69, 9.17) is 4.99 Å². The Bertz CT molecular complexity index is 769. The number of fused-ring (bicyclic) bond motifs is 3. The predicted octanol–water partition coefficient (Wildman–Crippen LogP) is 2.96. The molecule has 3 aromatic rings. The fourth-order valence-corrected chi connectivity index (χ4v) is 2.77. The number of aromatic nitrogens is 2. The van der Waals surface area contributed by atoms with Gasteiger partial charge in [0.2, 0.25) is 0 Å². The maximum absolute atomic E-state index is 4.69. The van der Waals surface area contributed by atoms with Crippen LogP contribution in [0.25, 0.3) is 10.9 Å². The molecule has 0 atom stereocenters. The average Bonchev–Trinajstić information content (AvgIpc) is 2.87. The lowest BCUT2D eigenvalue weighted by molar-refractivity contribution is 0.948. The van der Waals surface area contributed by atoms with Gasteiger partial charge in [0.25, 0.3) is 0 Å². The lowest BCUT2D eigenvalue weighted by Gasteiger charge is -2.13. The zero-order chi connectivity index (χ0) is 12.7. The molecule has 0 spiro atoms. The molecule has 19 heavy (non-hydrogen) atoms. The number of aromatic amines is 1. The van der Waals surface area contributed by atoms with Crippen LogP contribution < -0.4 is 0 Å². The number of pyridine rings is 1. The lowest BCUT2D eigenvalue weighted by atomic mass is 9.99. The number of H-pyrrole nitrogens is 1. The van der Waals surface area contributed by atoms with E-state index in [0.717, 1.165) is 24.2 Å². The largest absolute Gasteiger partial charge is 0.353 e. The van der Waals surface area contributed by atoms with Crippen LogP contribution in [0.4, 0.5) is 0 Å². The summed E-state index contributed by atoms with van der Waals surface area (Å²) in [5.74, 6) is 0. The molecule has 0 radical (unpaired) electrons. The van der Waals surface area contributed by atoms with Gasteiger partial charge >= 0.3 is 0 Å². The molecule has 0 bridgehead atoms. The van der Waals surface area contributed by atoms with Crippen molar-refractivity contribution in [1.82, 2.24) is 9.97 Å². The van der Waals surface area contributed by atoms with E-state index in [0.29, 0.717) is 0 Å². The van der Waals surface area contributed by atoms with Crippen molar-refractivity contribution in [3.63, 3.8) is 0 Å². The molecule has 0 fully saturated rings. The monoisotopic (exact) mass is 247 g/mol. The number of nitrogens with zero attached hydrogens (tertiary/aromatic N) is 2. The zero-order valence-electron chi connectivity index (χ0n) is 10.4. The molecule has 0 aliphatic carbocycles. The molecule has 3 heterocycles. The smallest absolute Gasteiger partial charge is 0.0885 e. The highest BCUT2D eigenvalue weighted by molar-refractivity contribution is 6.15. The van der Waals surface area contributed by atoms with Gasteiger partial charge in [-0.15, -0.1) is 0 Å². The van der Waals surface area contributed by atoms with E-state index in [2.05, 4.69) is 34.2 Å². The molecule has 0 amide bonds. The molecule has 0 unspecified atom stereocenters. The number of hydrogen-bond donors (Lipinski definition) is 1. The van der Waals surface area contributed by atoms with Crippen molar-refractivity contribution >= 4 is 16.6 Å². The molecular formula is C16H13N3. The van der Waals surface area contributed by atoms with Crippen LogP contribution in [-0.2, 0) is 6.42 Å². The quantitative estimate of drug-likeness (QED) is 0.705. The predicted molar refractivity (Wildman–Crippen MR) is 76.7 cm³/mol. The molecule has 4 rings (SSSR count). The number of para-hydroxylation sites is 1. The zero-order valence-corrected chi connectivity index (χ0v) is 10.4. The lowest BCUT2D eigenvalue weighted by Crippen LogP contribution is -2.13. The number of aliphatic imine (C=N–C) groups is 1. The second kappa shape index (κ2) is 4.05. The number of hydrogen-bond acceptors (Lipinski definition) is 2. The van der Waals surface area contributed by atoms with E-state index in [1.54, 1.807) is 0 Å². The van der Waals surface area contributed by atoms with E-state index in [-0.39, 0.29) is 0 Å². The van der Waals surface area contributed by atoms with Gasteiger partial charge in [-0.05, 0) is 30.2 Å². The highest BCUT2D eigenvalue weighted by Crippen LogP contribution is 2.27. The summed E-state index contributed by atoms with van der Waals surface area (Å²) in [7, 11) is 0. The molecule has 92 valence electrons. The minimum absolute atomic E-state index is 0.854. The Hall–Kier alpha value is -2.42. The molecular weight excluding hydrogens is 234 g/mol. The maximum Gasteiger partial charge on any atom is 0.0885 e. The second-order valence-corrected chi connectivity index (χ2v) is 4.74. The highest BCUT2D eigenvalue weighted by Gasteiger charge is 2.20. The van der Waals surface area contributed by atoms with Crippen molar-refractivity contribution in [1.29, 1.82) is 0 Å². The summed E-state index contributed by atoms with van der Waals surface area (Å²) in [6, 6.07) is 12.5. The summed E-state index contributed by atoms with van der Waals surface area (Å²) in [4.78, 5) is 12.3. The van der Waals surface area contributed by atoms with Gasteiger partial charge in [-0.25, -0.2) is 0 Å². The first kappa shape index (κ1) is 10.5. The van der Waals surface area contributed by atoms with Gasteiger partial charge < -0.3 is 4.98 Å². The van der Waals surface area contributed by atoms with Crippen molar-refractivity contribution in [3.8, 4) is 0 Å². The topological polar surface area (TPSA) is 41.0 Å². The molecule has 3 nitrogen and oxygen atoms in total. The Morgan fingerprint density at radius 1 is 1.00 bits per heavy atom. The van der Waals surface area contributed by atoms with Gasteiger partial charge in [0.05, 0.1) is 11.4 Å². The minimum atomic E-state index is 0.854. The first-order chi connectivity index (χ1) is 9.43. The van der Waals surface area contributed by atoms with Crippen molar-refractivity contribution in [2.75, 3.05) is 6.54 Å². The van der Waals surface area contributed by atoms with Gasteiger partial charge in [0.15, 0.2) is 0 Å². The summed E-state index contributed by atoms with van der Waals surface area (Å²) < 4.78 is 0. The third-order valence-electron chi connectivity index (χ3n) is 3.64. The Morgan fingerprint density at radius 3 is 2.74 bits per heavy atom. The van der Waals surface area contributed by atoms with Crippen LogP contribution in [0.5, 0.6) is 0 Å². The van der Waals surface area contributed by atoms with E-state index in [1.165, 1.54) is 22.2 Å². The van der Waals surface area contributed by atoms with E-state index in [9.17, 15) is 0 Å². The van der Waals surface area contributed by atoms with E-state index < -0.39 is 0 Å². The minimum Gasteiger partial charge on any atom is -0.353 e. The Kier molecular flexibility index (Phi) is 2.24. The average molecular weight is 247 g/mol. The van der Waals surface area contributed by atoms with Crippen LogP contribution in [0.15, 0.2) is 53.8 Å². The fraction of sp³-hybridized carbons (Fsp3) is 0.125. The maximum atomic E-state index is 4.69. The first-order valence-corrected chi connectivity index (χ1v) is 6.48. The summed E-state index contributed by atoms with van der Waals surface area (Å²) in [5, 5.41) is 1.32. The summed E-state index contributed by atoms with van der Waals surface area (Å²) >= 11 is 0.